The number of imidazole rings is 1. The third kappa shape index (κ3) is 3.63. The molecule has 1 aliphatic rings. The minimum Gasteiger partial charge on any atom is -0.342 e. The first-order valence-electron chi connectivity index (χ1n) is 10.4. The summed E-state index contributed by atoms with van der Waals surface area (Å²) in [5, 5.41) is 2.97. The van der Waals surface area contributed by atoms with E-state index in [1.807, 2.05) is 40.6 Å². The smallest absolute Gasteiger partial charge is 0.228 e. The van der Waals surface area contributed by atoms with Crippen LogP contribution in [0.2, 0.25) is 0 Å². The number of aryl methyl sites for hydroxylation is 1. The first kappa shape index (κ1) is 19.0. The Morgan fingerprint density at radius 2 is 1.90 bits per heavy atom. The number of likely N-dealkylation sites (tertiary alicyclic amines) is 1. The molecule has 152 valence electrons. The number of hydrogen-bond donors (Lipinski definition) is 0. The zero-order valence-corrected chi connectivity index (χ0v) is 17.8. The van der Waals surface area contributed by atoms with Gasteiger partial charge in [0.2, 0.25) is 5.91 Å². The fourth-order valence-corrected chi connectivity index (χ4v) is 5.14. The van der Waals surface area contributed by atoms with E-state index in [2.05, 4.69) is 40.9 Å². The van der Waals surface area contributed by atoms with Crippen molar-refractivity contribution in [1.82, 2.24) is 19.4 Å². The number of aromatic nitrogens is 3. The maximum absolute atomic E-state index is 13.0. The quantitative estimate of drug-likeness (QED) is 0.487. The normalized spacial score (nSPS) is 16.8. The van der Waals surface area contributed by atoms with Gasteiger partial charge in [-0.05, 0) is 25.0 Å². The summed E-state index contributed by atoms with van der Waals surface area (Å²) in [6.45, 7) is 1.54. The Labute approximate surface area is 180 Å². The summed E-state index contributed by atoms with van der Waals surface area (Å²) in [7, 11) is 2.08. The van der Waals surface area contributed by atoms with Gasteiger partial charge < -0.3 is 9.47 Å². The molecule has 1 saturated heterocycles. The number of nitrogens with zero attached hydrogens (tertiary/aromatic N) is 4. The Balaban J connectivity index is 1.29. The van der Waals surface area contributed by atoms with Crippen LogP contribution in [-0.4, -0.2) is 38.4 Å². The number of fused-ring (bicyclic) bond motifs is 1. The van der Waals surface area contributed by atoms with Gasteiger partial charge in [-0.25, -0.2) is 9.97 Å². The lowest BCUT2D eigenvalue weighted by atomic mass is 9.96. The number of carbonyl (C=O) groups excluding carboxylic acids is 1. The molecule has 4 aromatic rings. The van der Waals surface area contributed by atoms with E-state index in [1.54, 1.807) is 11.3 Å². The number of rotatable bonds is 4. The molecular weight excluding hydrogens is 392 g/mol. The van der Waals surface area contributed by atoms with E-state index in [4.69, 9.17) is 4.98 Å². The third-order valence-electron chi connectivity index (χ3n) is 5.87. The van der Waals surface area contributed by atoms with E-state index in [0.717, 1.165) is 59.1 Å². The van der Waals surface area contributed by atoms with Crippen molar-refractivity contribution in [3.05, 3.63) is 71.5 Å². The number of para-hydroxylation sites is 2. The van der Waals surface area contributed by atoms with E-state index in [9.17, 15) is 4.79 Å². The molecule has 1 fully saturated rings. The van der Waals surface area contributed by atoms with Crippen LogP contribution >= 0.6 is 11.3 Å². The monoisotopic (exact) mass is 416 g/mol. The van der Waals surface area contributed by atoms with Crippen LogP contribution in [0.4, 0.5) is 0 Å². The third-order valence-corrected chi connectivity index (χ3v) is 6.81. The molecular formula is C24H24N4OS. The van der Waals surface area contributed by atoms with Crippen molar-refractivity contribution in [2.24, 2.45) is 7.05 Å². The zero-order valence-electron chi connectivity index (χ0n) is 17.0. The highest BCUT2D eigenvalue weighted by Gasteiger charge is 2.28. The Morgan fingerprint density at radius 3 is 2.73 bits per heavy atom. The molecule has 1 amide bonds. The molecule has 0 saturated carbocycles. The van der Waals surface area contributed by atoms with Gasteiger partial charge in [-0.3, -0.25) is 4.79 Å². The lowest BCUT2D eigenvalue weighted by molar-refractivity contribution is -0.131. The van der Waals surface area contributed by atoms with E-state index >= 15 is 0 Å². The highest BCUT2D eigenvalue weighted by molar-refractivity contribution is 7.13. The summed E-state index contributed by atoms with van der Waals surface area (Å²) < 4.78 is 2.18. The second kappa shape index (κ2) is 8.03. The molecule has 5 nitrogen and oxygen atoms in total. The largest absolute Gasteiger partial charge is 0.342 e. The van der Waals surface area contributed by atoms with E-state index in [0.29, 0.717) is 6.42 Å². The summed E-state index contributed by atoms with van der Waals surface area (Å²) in [5.41, 5.74) is 4.12. The van der Waals surface area contributed by atoms with E-state index < -0.39 is 0 Å². The Bertz CT molecular complexity index is 1180. The Morgan fingerprint density at radius 1 is 1.10 bits per heavy atom. The van der Waals surface area contributed by atoms with Gasteiger partial charge in [0.25, 0.3) is 0 Å². The molecule has 5 rings (SSSR count). The molecule has 0 spiro atoms. The molecule has 2 aromatic heterocycles. The number of amides is 1. The highest BCUT2D eigenvalue weighted by Crippen LogP contribution is 2.29. The lowest BCUT2D eigenvalue weighted by Gasteiger charge is -2.32. The molecule has 0 N–H and O–H groups in total. The molecule has 30 heavy (non-hydrogen) atoms. The minimum absolute atomic E-state index is 0.156. The summed E-state index contributed by atoms with van der Waals surface area (Å²) in [6, 6.07) is 18.3. The molecule has 0 radical (unpaired) electrons. The van der Waals surface area contributed by atoms with Crippen molar-refractivity contribution < 1.29 is 4.79 Å². The van der Waals surface area contributed by atoms with E-state index in [-0.39, 0.29) is 11.8 Å². The van der Waals surface area contributed by atoms with Crippen molar-refractivity contribution in [2.45, 2.75) is 25.2 Å². The molecule has 3 heterocycles. The van der Waals surface area contributed by atoms with Gasteiger partial charge in [-0.2, -0.15) is 0 Å². The number of hydrogen-bond acceptors (Lipinski definition) is 4. The van der Waals surface area contributed by atoms with Crippen molar-refractivity contribution in [3.8, 4) is 10.6 Å². The summed E-state index contributed by atoms with van der Waals surface area (Å²) in [5.74, 6) is 1.51. The first-order chi connectivity index (χ1) is 14.7. The second-order valence-corrected chi connectivity index (χ2v) is 8.74. The van der Waals surface area contributed by atoms with Gasteiger partial charge in [0, 0.05) is 37.0 Å². The number of piperidine rings is 1. The molecule has 6 heteroatoms. The maximum Gasteiger partial charge on any atom is 0.228 e. The number of benzene rings is 2. The summed E-state index contributed by atoms with van der Waals surface area (Å²) >= 11 is 1.60. The van der Waals surface area contributed by atoms with Crippen LogP contribution in [0.15, 0.2) is 60.0 Å². The highest BCUT2D eigenvalue weighted by atomic mass is 32.1. The number of carbonyl (C=O) groups is 1. The molecule has 1 atom stereocenters. The van der Waals surface area contributed by atoms with Crippen LogP contribution in [0.5, 0.6) is 0 Å². The maximum atomic E-state index is 13.0. The van der Waals surface area contributed by atoms with Crippen LogP contribution in [0.1, 0.15) is 30.3 Å². The van der Waals surface area contributed by atoms with Gasteiger partial charge in [-0.1, -0.05) is 42.5 Å². The fourth-order valence-electron chi connectivity index (χ4n) is 4.31. The molecule has 1 aliphatic heterocycles. The van der Waals surface area contributed by atoms with Crippen molar-refractivity contribution in [1.29, 1.82) is 0 Å². The predicted molar refractivity (Wildman–Crippen MR) is 121 cm³/mol. The van der Waals surface area contributed by atoms with Gasteiger partial charge in [0.15, 0.2) is 0 Å². The van der Waals surface area contributed by atoms with E-state index in [1.165, 1.54) is 0 Å². The molecule has 0 aliphatic carbocycles. The van der Waals surface area contributed by atoms with Crippen LogP contribution < -0.4 is 0 Å². The number of thiazole rings is 1. The fraction of sp³-hybridized carbons (Fsp3) is 0.292. The molecule has 0 bridgehead atoms. The SMILES string of the molecule is Cn1c([C@@H]2CCCN(C(=O)Cc3csc(-c4ccccc4)n3)C2)nc2ccccc21. The molecule has 2 aromatic carbocycles. The predicted octanol–water partition coefficient (Wildman–Crippen LogP) is 4.65. The van der Waals surface area contributed by atoms with Gasteiger partial charge in [0.1, 0.15) is 10.8 Å². The lowest BCUT2D eigenvalue weighted by Crippen LogP contribution is -2.40. The van der Waals surface area contributed by atoms with Crippen LogP contribution in [0.3, 0.4) is 0 Å². The minimum atomic E-state index is 0.156. The average molecular weight is 417 g/mol. The first-order valence-corrected chi connectivity index (χ1v) is 11.3. The van der Waals surface area contributed by atoms with Crippen LogP contribution in [0.25, 0.3) is 21.6 Å². The summed E-state index contributed by atoms with van der Waals surface area (Å²) in [4.78, 5) is 24.6. The Hall–Kier alpha value is -2.99. The van der Waals surface area contributed by atoms with Crippen molar-refractivity contribution >= 4 is 28.3 Å². The zero-order chi connectivity index (χ0) is 20.5. The standard InChI is InChI=1S/C24H24N4OS/c1-27-21-12-6-5-11-20(21)26-23(27)18-10-7-13-28(15-18)22(29)14-19-16-30-24(25-19)17-8-3-2-4-9-17/h2-6,8-9,11-12,16,18H,7,10,13-15H2,1H3/t18-/m1/s1. The molecule has 0 unspecified atom stereocenters. The van der Waals surface area contributed by atoms with Gasteiger partial charge in [0.05, 0.1) is 23.1 Å². The van der Waals surface area contributed by atoms with Crippen molar-refractivity contribution in [3.63, 3.8) is 0 Å². The second-order valence-electron chi connectivity index (χ2n) is 7.88. The summed E-state index contributed by atoms with van der Waals surface area (Å²) in [6.07, 6.45) is 2.43. The Kier molecular flexibility index (Phi) is 5.09. The topological polar surface area (TPSA) is 51.0 Å². The van der Waals surface area contributed by atoms with Gasteiger partial charge in [-0.15, -0.1) is 11.3 Å². The van der Waals surface area contributed by atoms with Crippen LogP contribution in [-0.2, 0) is 18.3 Å². The average Bonchev–Trinajstić information content (AvgIpc) is 3.39. The van der Waals surface area contributed by atoms with Crippen molar-refractivity contribution in [2.75, 3.05) is 13.1 Å². The van der Waals surface area contributed by atoms with Crippen LogP contribution in [0, 0.1) is 0 Å². The van der Waals surface area contributed by atoms with Gasteiger partial charge >= 0.3 is 0 Å².